The Labute approximate surface area is 109 Å². The summed E-state index contributed by atoms with van der Waals surface area (Å²) < 4.78 is 11.6. The molecule has 1 N–H and O–H groups in total. The number of hydrogen-bond donors (Lipinski definition) is 1. The van der Waals surface area contributed by atoms with Crippen molar-refractivity contribution in [2.45, 2.75) is 0 Å². The van der Waals surface area contributed by atoms with Crippen LogP contribution in [0.3, 0.4) is 0 Å². The summed E-state index contributed by atoms with van der Waals surface area (Å²) in [5, 5.41) is 3.27. The van der Waals surface area contributed by atoms with Crippen molar-refractivity contribution in [3.05, 3.63) is 23.9 Å². The molecule has 6 nitrogen and oxygen atoms in total. The Morgan fingerprint density at radius 3 is 2.68 bits per heavy atom. The van der Waals surface area contributed by atoms with Crippen LogP contribution in [0, 0.1) is 0 Å². The van der Waals surface area contributed by atoms with Crippen molar-refractivity contribution in [3.63, 3.8) is 0 Å². The zero-order valence-corrected chi connectivity index (χ0v) is 10.9. The third-order valence-corrected chi connectivity index (χ3v) is 2.99. The van der Waals surface area contributed by atoms with Crippen molar-refractivity contribution < 1.29 is 19.1 Å². The molecule has 0 bridgehead atoms. The highest BCUT2D eigenvalue weighted by atomic mass is 16.5. The zero-order valence-electron chi connectivity index (χ0n) is 10.9. The molecule has 1 amide bonds. The fraction of sp³-hybridized carbons (Fsp3) is 0.231. The molecule has 0 atom stereocenters. The van der Waals surface area contributed by atoms with E-state index < -0.39 is 5.97 Å². The molecule has 0 aliphatic rings. The van der Waals surface area contributed by atoms with E-state index >= 15 is 0 Å². The summed E-state index contributed by atoms with van der Waals surface area (Å²) >= 11 is 0. The summed E-state index contributed by atoms with van der Waals surface area (Å²) in [6, 6.07) is 5.36. The van der Waals surface area contributed by atoms with E-state index in [-0.39, 0.29) is 5.69 Å². The van der Waals surface area contributed by atoms with Gasteiger partial charge in [-0.15, -0.1) is 0 Å². The largest absolute Gasteiger partial charge is 0.497 e. The molecule has 1 aromatic heterocycles. The maximum Gasteiger partial charge on any atom is 0.356 e. The predicted molar refractivity (Wildman–Crippen MR) is 70.5 cm³/mol. The molecule has 0 spiro atoms. The number of ether oxygens (including phenoxy) is 2. The minimum atomic E-state index is -0.512. The summed E-state index contributed by atoms with van der Waals surface area (Å²) in [5.41, 5.74) is 1.50. The Morgan fingerprint density at radius 1 is 1.37 bits per heavy atom. The Kier molecular flexibility index (Phi) is 3.41. The van der Waals surface area contributed by atoms with Gasteiger partial charge in [-0.25, -0.2) is 4.79 Å². The molecule has 6 heteroatoms. The van der Waals surface area contributed by atoms with Gasteiger partial charge in [0.15, 0.2) is 5.69 Å². The van der Waals surface area contributed by atoms with Crippen LogP contribution in [0.1, 0.15) is 10.5 Å². The van der Waals surface area contributed by atoms with Crippen LogP contribution in [0.25, 0.3) is 10.9 Å². The lowest BCUT2D eigenvalue weighted by Gasteiger charge is -2.04. The standard InChI is InChI=1S/C13H14N2O4/c1-15-10-5-4-8(18-2)6-9(10)11(14-7-16)12(15)13(17)19-3/h4-7H,1-3H3,(H,14,16). The van der Waals surface area contributed by atoms with Crippen LogP contribution in [0.5, 0.6) is 5.75 Å². The van der Waals surface area contributed by atoms with Crippen LogP contribution in [0.2, 0.25) is 0 Å². The van der Waals surface area contributed by atoms with E-state index in [0.29, 0.717) is 23.2 Å². The molecule has 0 aliphatic heterocycles. The number of carbonyl (C=O) groups is 2. The van der Waals surface area contributed by atoms with Gasteiger partial charge in [-0.2, -0.15) is 0 Å². The van der Waals surface area contributed by atoms with Gasteiger partial charge in [-0.05, 0) is 18.2 Å². The number of hydrogen-bond acceptors (Lipinski definition) is 4. The Morgan fingerprint density at radius 2 is 2.11 bits per heavy atom. The molecule has 0 saturated heterocycles. The first-order chi connectivity index (χ1) is 9.13. The maximum atomic E-state index is 11.8. The van der Waals surface area contributed by atoms with Crippen molar-refractivity contribution in [2.75, 3.05) is 19.5 Å². The lowest BCUT2D eigenvalue weighted by molar-refractivity contribution is -0.105. The molecule has 2 rings (SSSR count). The topological polar surface area (TPSA) is 69.6 Å². The molecule has 2 aromatic rings. The van der Waals surface area contributed by atoms with Crippen LogP contribution in [0.4, 0.5) is 5.69 Å². The number of esters is 1. The Hall–Kier alpha value is -2.50. The number of fused-ring (bicyclic) bond motifs is 1. The smallest absolute Gasteiger partial charge is 0.356 e. The third-order valence-electron chi connectivity index (χ3n) is 2.99. The summed E-state index contributed by atoms with van der Waals surface area (Å²) in [5.74, 6) is 0.130. The fourth-order valence-corrected chi connectivity index (χ4v) is 2.09. The summed E-state index contributed by atoms with van der Waals surface area (Å²) in [4.78, 5) is 22.6. The quantitative estimate of drug-likeness (QED) is 0.670. The number of anilines is 1. The second-order valence-corrected chi connectivity index (χ2v) is 3.92. The van der Waals surface area contributed by atoms with Gasteiger partial charge in [0.05, 0.1) is 25.4 Å². The van der Waals surface area contributed by atoms with Gasteiger partial charge < -0.3 is 19.4 Å². The number of aromatic nitrogens is 1. The van der Waals surface area contributed by atoms with E-state index in [1.807, 2.05) is 6.07 Å². The number of carbonyl (C=O) groups excluding carboxylic acids is 2. The minimum Gasteiger partial charge on any atom is -0.497 e. The van der Waals surface area contributed by atoms with E-state index in [1.165, 1.54) is 7.11 Å². The van der Waals surface area contributed by atoms with Crippen molar-refractivity contribution in [1.29, 1.82) is 0 Å². The molecule has 100 valence electrons. The number of amides is 1. The Bertz CT molecular complexity index is 646. The van der Waals surface area contributed by atoms with Crippen molar-refractivity contribution in [3.8, 4) is 5.75 Å². The van der Waals surface area contributed by atoms with E-state index in [4.69, 9.17) is 9.47 Å². The highest BCUT2D eigenvalue weighted by Gasteiger charge is 2.21. The van der Waals surface area contributed by atoms with Crippen molar-refractivity contribution in [2.24, 2.45) is 7.05 Å². The van der Waals surface area contributed by atoms with Crippen LogP contribution in [-0.2, 0) is 16.6 Å². The average molecular weight is 262 g/mol. The molecule has 1 heterocycles. The van der Waals surface area contributed by atoms with E-state index in [1.54, 1.807) is 30.9 Å². The van der Waals surface area contributed by atoms with Crippen LogP contribution < -0.4 is 10.1 Å². The summed E-state index contributed by atoms with van der Waals surface area (Å²) in [6.45, 7) is 0. The van der Waals surface area contributed by atoms with Crippen molar-refractivity contribution >= 4 is 29.0 Å². The molecule has 0 radical (unpaired) electrons. The van der Waals surface area contributed by atoms with Crippen molar-refractivity contribution in [1.82, 2.24) is 4.57 Å². The second-order valence-electron chi connectivity index (χ2n) is 3.92. The lowest BCUT2D eigenvalue weighted by atomic mass is 10.2. The monoisotopic (exact) mass is 262 g/mol. The van der Waals surface area contributed by atoms with E-state index in [2.05, 4.69) is 5.32 Å². The number of aryl methyl sites for hydroxylation is 1. The first-order valence-electron chi connectivity index (χ1n) is 5.59. The third kappa shape index (κ3) is 2.01. The average Bonchev–Trinajstić information content (AvgIpc) is 2.71. The summed E-state index contributed by atoms with van der Waals surface area (Å²) in [7, 11) is 4.58. The number of benzene rings is 1. The lowest BCUT2D eigenvalue weighted by Crippen LogP contribution is -2.10. The van der Waals surface area contributed by atoms with E-state index in [0.717, 1.165) is 5.52 Å². The predicted octanol–water partition coefficient (Wildman–Crippen LogP) is 1.54. The van der Waals surface area contributed by atoms with Gasteiger partial charge >= 0.3 is 5.97 Å². The van der Waals surface area contributed by atoms with E-state index in [9.17, 15) is 9.59 Å². The number of rotatable bonds is 4. The van der Waals surface area contributed by atoms with Gasteiger partial charge in [-0.3, -0.25) is 4.79 Å². The van der Waals surface area contributed by atoms with Crippen LogP contribution >= 0.6 is 0 Å². The maximum absolute atomic E-state index is 11.8. The first kappa shape index (κ1) is 12.9. The highest BCUT2D eigenvalue weighted by molar-refractivity contribution is 6.09. The number of methoxy groups -OCH3 is 2. The highest BCUT2D eigenvalue weighted by Crippen LogP contribution is 2.33. The first-order valence-corrected chi connectivity index (χ1v) is 5.59. The zero-order chi connectivity index (χ0) is 14.0. The Balaban J connectivity index is 2.79. The van der Waals surface area contributed by atoms with Crippen LogP contribution in [-0.4, -0.2) is 31.2 Å². The summed E-state index contributed by atoms with van der Waals surface area (Å²) in [6.07, 6.45) is 0.528. The molecular weight excluding hydrogens is 248 g/mol. The fourth-order valence-electron chi connectivity index (χ4n) is 2.09. The van der Waals surface area contributed by atoms with Crippen LogP contribution in [0.15, 0.2) is 18.2 Å². The molecule has 0 saturated carbocycles. The van der Waals surface area contributed by atoms with Gasteiger partial charge in [-0.1, -0.05) is 0 Å². The van der Waals surface area contributed by atoms with Gasteiger partial charge in [0.1, 0.15) is 5.75 Å². The second kappa shape index (κ2) is 5.01. The molecule has 0 unspecified atom stereocenters. The molecular formula is C13H14N2O4. The van der Waals surface area contributed by atoms with Gasteiger partial charge in [0.2, 0.25) is 6.41 Å². The molecule has 19 heavy (non-hydrogen) atoms. The number of nitrogens with one attached hydrogen (secondary N) is 1. The molecule has 0 fully saturated rings. The minimum absolute atomic E-state index is 0.290. The number of nitrogens with zero attached hydrogens (tertiary/aromatic N) is 1. The molecule has 0 aliphatic carbocycles. The van der Waals surface area contributed by atoms with Gasteiger partial charge in [0.25, 0.3) is 0 Å². The normalized spacial score (nSPS) is 10.3. The molecule has 1 aromatic carbocycles. The van der Waals surface area contributed by atoms with Gasteiger partial charge in [0, 0.05) is 12.4 Å². The SMILES string of the molecule is COC(=O)c1c(NC=O)c2cc(OC)ccc2n1C.